The molecule has 4 heteroatoms. The number of nitrogens with one attached hydrogen (secondary N) is 1. The summed E-state index contributed by atoms with van der Waals surface area (Å²) in [6.07, 6.45) is 1.11. The van der Waals surface area contributed by atoms with Gasteiger partial charge in [-0.25, -0.2) is 4.98 Å². The quantitative estimate of drug-likeness (QED) is 0.723. The van der Waals surface area contributed by atoms with E-state index >= 15 is 0 Å². The van der Waals surface area contributed by atoms with Crippen LogP contribution in [0.4, 0.5) is 5.69 Å². The third-order valence-corrected chi connectivity index (χ3v) is 4.42. The van der Waals surface area contributed by atoms with E-state index in [0.717, 1.165) is 24.3 Å². The van der Waals surface area contributed by atoms with E-state index in [0.29, 0.717) is 0 Å². The third kappa shape index (κ3) is 1.32. The van der Waals surface area contributed by atoms with Gasteiger partial charge in [0.2, 0.25) is 0 Å². The lowest BCUT2D eigenvalue weighted by molar-refractivity contribution is 0.963. The summed E-state index contributed by atoms with van der Waals surface area (Å²) in [4.78, 5) is 6.00. The number of fused-ring (bicyclic) bond motifs is 2. The van der Waals surface area contributed by atoms with Crippen LogP contribution in [0.1, 0.15) is 5.56 Å². The summed E-state index contributed by atoms with van der Waals surface area (Å²) < 4.78 is 2.18. The number of hydrogen-bond acceptors (Lipinski definition) is 3. The Kier molecular flexibility index (Phi) is 2.02. The molecule has 90 valence electrons. The first-order valence-electron chi connectivity index (χ1n) is 6.10. The molecule has 0 bridgehead atoms. The van der Waals surface area contributed by atoms with Crippen LogP contribution in [-0.4, -0.2) is 16.1 Å². The lowest BCUT2D eigenvalue weighted by Crippen LogP contribution is -1.92. The second-order valence-corrected chi connectivity index (χ2v) is 5.59. The molecular formula is C14H13N3S. The number of imidazole rings is 1. The van der Waals surface area contributed by atoms with Crippen molar-refractivity contribution in [3.05, 3.63) is 35.2 Å². The van der Waals surface area contributed by atoms with Crippen molar-refractivity contribution < 1.29 is 0 Å². The second kappa shape index (κ2) is 3.59. The first-order valence-corrected chi connectivity index (χ1v) is 6.98. The van der Waals surface area contributed by atoms with E-state index in [-0.39, 0.29) is 0 Å². The fourth-order valence-corrected chi connectivity index (χ4v) is 3.36. The van der Waals surface area contributed by atoms with Crippen LogP contribution >= 0.6 is 11.3 Å². The molecule has 0 radical (unpaired) electrons. The number of aryl methyl sites for hydroxylation is 1. The molecule has 0 spiro atoms. The van der Waals surface area contributed by atoms with Crippen molar-refractivity contribution in [3.63, 3.8) is 0 Å². The Labute approximate surface area is 109 Å². The SMILES string of the molecule is Cn1c(-c2cccs2)nc2cc3c(cc21)NCC3. The Morgan fingerprint density at radius 1 is 1.39 bits per heavy atom. The van der Waals surface area contributed by atoms with Crippen molar-refractivity contribution in [2.24, 2.45) is 7.05 Å². The van der Waals surface area contributed by atoms with Gasteiger partial charge in [0.1, 0.15) is 0 Å². The van der Waals surface area contributed by atoms with Gasteiger partial charge >= 0.3 is 0 Å². The van der Waals surface area contributed by atoms with E-state index in [9.17, 15) is 0 Å². The molecule has 1 aromatic carbocycles. The predicted molar refractivity (Wildman–Crippen MR) is 76.2 cm³/mol. The number of hydrogen-bond donors (Lipinski definition) is 1. The maximum atomic E-state index is 4.78. The normalized spacial score (nSPS) is 13.8. The van der Waals surface area contributed by atoms with Gasteiger partial charge in [-0.3, -0.25) is 0 Å². The number of benzene rings is 1. The highest BCUT2D eigenvalue weighted by atomic mass is 32.1. The summed E-state index contributed by atoms with van der Waals surface area (Å²) in [7, 11) is 2.09. The molecule has 4 rings (SSSR count). The largest absolute Gasteiger partial charge is 0.384 e. The lowest BCUT2D eigenvalue weighted by Gasteiger charge is -2.02. The van der Waals surface area contributed by atoms with Crippen molar-refractivity contribution in [2.45, 2.75) is 6.42 Å². The molecule has 0 saturated heterocycles. The monoisotopic (exact) mass is 255 g/mol. The number of rotatable bonds is 1. The second-order valence-electron chi connectivity index (χ2n) is 4.65. The molecule has 2 aromatic heterocycles. The summed E-state index contributed by atoms with van der Waals surface area (Å²) in [6.45, 7) is 1.05. The van der Waals surface area contributed by atoms with Gasteiger partial charge in [-0.15, -0.1) is 11.3 Å². The third-order valence-electron chi connectivity index (χ3n) is 3.56. The molecule has 0 aliphatic carbocycles. The minimum Gasteiger partial charge on any atom is -0.384 e. The molecule has 3 heterocycles. The van der Waals surface area contributed by atoms with Gasteiger partial charge in [0.15, 0.2) is 5.82 Å². The zero-order valence-electron chi connectivity index (χ0n) is 10.1. The topological polar surface area (TPSA) is 29.9 Å². The Hall–Kier alpha value is -1.81. The van der Waals surface area contributed by atoms with Crippen molar-refractivity contribution >= 4 is 28.1 Å². The highest BCUT2D eigenvalue weighted by molar-refractivity contribution is 7.13. The minimum atomic E-state index is 1.05. The molecular weight excluding hydrogens is 242 g/mol. The molecule has 1 aliphatic rings. The average molecular weight is 255 g/mol. The number of aromatic nitrogens is 2. The lowest BCUT2D eigenvalue weighted by atomic mass is 10.1. The smallest absolute Gasteiger partial charge is 0.150 e. The first-order chi connectivity index (χ1) is 8.83. The highest BCUT2D eigenvalue weighted by Gasteiger charge is 2.16. The van der Waals surface area contributed by atoms with Crippen LogP contribution in [0.2, 0.25) is 0 Å². The van der Waals surface area contributed by atoms with Crippen LogP contribution in [0, 0.1) is 0 Å². The van der Waals surface area contributed by atoms with Gasteiger partial charge < -0.3 is 9.88 Å². The van der Waals surface area contributed by atoms with Gasteiger partial charge in [-0.05, 0) is 35.6 Å². The average Bonchev–Trinajstić information content (AvgIpc) is 3.07. The first kappa shape index (κ1) is 10.1. The molecule has 18 heavy (non-hydrogen) atoms. The van der Waals surface area contributed by atoms with Crippen LogP contribution in [0.5, 0.6) is 0 Å². The summed E-state index contributed by atoms with van der Waals surface area (Å²) in [5.41, 5.74) is 4.96. The Morgan fingerprint density at radius 2 is 2.33 bits per heavy atom. The molecule has 3 aromatic rings. The highest BCUT2D eigenvalue weighted by Crippen LogP contribution is 2.32. The summed E-state index contributed by atoms with van der Waals surface area (Å²) in [5.74, 6) is 1.06. The molecule has 0 saturated carbocycles. The zero-order chi connectivity index (χ0) is 12.1. The standard InChI is InChI=1S/C14H13N3S/c1-17-12-8-10-9(4-5-15-10)7-11(12)16-14(17)13-3-2-6-18-13/h2-3,6-8,15H,4-5H2,1H3. The van der Waals surface area contributed by atoms with Crippen molar-refractivity contribution in [2.75, 3.05) is 11.9 Å². The summed E-state index contributed by atoms with van der Waals surface area (Å²) >= 11 is 1.73. The summed E-state index contributed by atoms with van der Waals surface area (Å²) in [5, 5.41) is 5.52. The van der Waals surface area contributed by atoms with Crippen LogP contribution in [0.15, 0.2) is 29.6 Å². The Balaban J connectivity index is 2.00. The van der Waals surface area contributed by atoms with Gasteiger partial charge in [-0.2, -0.15) is 0 Å². The van der Waals surface area contributed by atoms with Gasteiger partial charge in [-0.1, -0.05) is 6.07 Å². The van der Waals surface area contributed by atoms with E-state index in [1.54, 1.807) is 11.3 Å². The van der Waals surface area contributed by atoms with Gasteiger partial charge in [0, 0.05) is 19.3 Å². The summed E-state index contributed by atoms with van der Waals surface area (Å²) in [6, 6.07) is 8.64. The fraction of sp³-hybridized carbons (Fsp3) is 0.214. The molecule has 3 nitrogen and oxygen atoms in total. The number of nitrogens with zero attached hydrogens (tertiary/aromatic N) is 2. The molecule has 0 amide bonds. The van der Waals surface area contributed by atoms with E-state index < -0.39 is 0 Å². The van der Waals surface area contributed by atoms with Crippen LogP contribution in [0.3, 0.4) is 0 Å². The molecule has 0 atom stereocenters. The van der Waals surface area contributed by atoms with E-state index in [2.05, 4.69) is 46.6 Å². The van der Waals surface area contributed by atoms with Crippen molar-refractivity contribution in [3.8, 4) is 10.7 Å². The van der Waals surface area contributed by atoms with Crippen LogP contribution in [0.25, 0.3) is 21.7 Å². The molecule has 0 unspecified atom stereocenters. The minimum absolute atomic E-state index is 1.05. The van der Waals surface area contributed by atoms with Gasteiger partial charge in [0.25, 0.3) is 0 Å². The molecule has 1 aliphatic heterocycles. The van der Waals surface area contributed by atoms with E-state index in [1.807, 2.05) is 0 Å². The zero-order valence-corrected chi connectivity index (χ0v) is 10.9. The number of anilines is 1. The predicted octanol–water partition coefficient (Wildman–Crippen LogP) is 3.27. The molecule has 1 N–H and O–H groups in total. The van der Waals surface area contributed by atoms with Gasteiger partial charge in [0.05, 0.1) is 15.9 Å². The Bertz CT molecular complexity index is 725. The van der Waals surface area contributed by atoms with Crippen molar-refractivity contribution in [1.82, 2.24) is 9.55 Å². The van der Waals surface area contributed by atoms with Crippen molar-refractivity contribution in [1.29, 1.82) is 0 Å². The maximum absolute atomic E-state index is 4.78. The fourth-order valence-electron chi connectivity index (χ4n) is 2.61. The van der Waals surface area contributed by atoms with Crippen LogP contribution < -0.4 is 5.32 Å². The van der Waals surface area contributed by atoms with E-state index in [1.165, 1.54) is 21.6 Å². The molecule has 0 fully saturated rings. The number of thiophene rings is 1. The van der Waals surface area contributed by atoms with Crippen LogP contribution in [-0.2, 0) is 13.5 Å². The van der Waals surface area contributed by atoms with E-state index in [4.69, 9.17) is 4.98 Å². The maximum Gasteiger partial charge on any atom is 0.150 e. The Morgan fingerprint density at radius 3 is 3.17 bits per heavy atom.